The molecule has 0 saturated heterocycles. The van der Waals surface area contributed by atoms with E-state index in [0.717, 1.165) is 12.0 Å². The van der Waals surface area contributed by atoms with Crippen molar-refractivity contribution in [3.8, 4) is 0 Å². The van der Waals surface area contributed by atoms with E-state index in [1.54, 1.807) is 25.5 Å². The number of hydrogen-bond donors (Lipinski definition) is 1. The summed E-state index contributed by atoms with van der Waals surface area (Å²) in [6, 6.07) is 9.54. The van der Waals surface area contributed by atoms with Crippen LogP contribution in [-0.2, 0) is 7.05 Å². The number of nitrogens with zero attached hydrogens (tertiary/aromatic N) is 2. The second-order valence-corrected chi connectivity index (χ2v) is 6.90. The van der Waals surface area contributed by atoms with Gasteiger partial charge in [0.15, 0.2) is 0 Å². The average molecular weight is 368 g/mol. The molecule has 1 aliphatic heterocycles. The van der Waals surface area contributed by atoms with Gasteiger partial charge in [-0.25, -0.2) is 0 Å². The molecule has 0 spiro atoms. The molecule has 0 aliphatic carbocycles. The third kappa shape index (κ3) is 2.84. The zero-order valence-electron chi connectivity index (χ0n) is 14.3. The average Bonchev–Trinajstić information content (AvgIpc) is 3.15. The van der Waals surface area contributed by atoms with Gasteiger partial charge >= 0.3 is 0 Å². The van der Waals surface area contributed by atoms with Gasteiger partial charge in [-0.3, -0.25) is 9.59 Å². The van der Waals surface area contributed by atoms with E-state index in [0.29, 0.717) is 34.6 Å². The van der Waals surface area contributed by atoms with Gasteiger partial charge in [0.2, 0.25) is 0 Å². The third-order valence-electron chi connectivity index (χ3n) is 4.84. The molecule has 1 aromatic carbocycles. The Morgan fingerprint density at radius 3 is 2.65 bits per heavy atom. The van der Waals surface area contributed by atoms with Crippen molar-refractivity contribution in [2.24, 2.45) is 7.05 Å². The number of nitrogens with one attached hydrogen (secondary N) is 1. The van der Waals surface area contributed by atoms with Gasteiger partial charge in [0.05, 0.1) is 5.56 Å². The van der Waals surface area contributed by atoms with Crippen LogP contribution >= 0.6 is 11.6 Å². The molecular weight excluding hydrogens is 350 g/mol. The van der Waals surface area contributed by atoms with Crippen LogP contribution in [0.2, 0.25) is 5.02 Å². The first-order valence-electron chi connectivity index (χ1n) is 8.45. The Bertz CT molecular complexity index is 1080. The monoisotopic (exact) mass is 367 g/mol. The highest BCUT2D eigenvalue weighted by Crippen LogP contribution is 2.25. The Morgan fingerprint density at radius 1 is 1.19 bits per heavy atom. The van der Waals surface area contributed by atoms with Crippen LogP contribution in [0.25, 0.3) is 16.5 Å². The smallest absolute Gasteiger partial charge is 0.274 e. The molecule has 2 aromatic heterocycles. The molecule has 3 heterocycles. The van der Waals surface area contributed by atoms with E-state index < -0.39 is 0 Å². The van der Waals surface area contributed by atoms with Crippen LogP contribution in [0, 0.1) is 0 Å². The predicted molar refractivity (Wildman–Crippen MR) is 103 cm³/mol. The fourth-order valence-electron chi connectivity index (χ4n) is 3.39. The van der Waals surface area contributed by atoms with E-state index in [1.165, 1.54) is 10.1 Å². The van der Waals surface area contributed by atoms with E-state index in [9.17, 15) is 9.59 Å². The van der Waals surface area contributed by atoms with E-state index in [1.807, 2.05) is 29.2 Å². The van der Waals surface area contributed by atoms with E-state index >= 15 is 0 Å². The maximum atomic E-state index is 13.0. The topological polar surface area (TPSA) is 58.1 Å². The summed E-state index contributed by atoms with van der Waals surface area (Å²) in [5.74, 6) is -0.0587. The molecule has 3 aromatic rings. The highest BCUT2D eigenvalue weighted by molar-refractivity contribution is 6.30. The van der Waals surface area contributed by atoms with Crippen LogP contribution in [0.4, 0.5) is 0 Å². The molecule has 26 heavy (non-hydrogen) atoms. The molecule has 4 rings (SSSR count). The molecule has 132 valence electrons. The summed E-state index contributed by atoms with van der Waals surface area (Å²) in [6.07, 6.45) is 6.19. The van der Waals surface area contributed by atoms with Gasteiger partial charge in [0, 0.05) is 42.9 Å². The molecule has 0 radical (unpaired) electrons. The maximum Gasteiger partial charge on any atom is 0.274 e. The lowest BCUT2D eigenvalue weighted by atomic mass is 9.99. The standard InChI is InChI=1S/C20H18ClN3O2/c1-23-12-17(16-6-9-22-18(16)20(23)26)19(25)24-10-7-14(8-11-24)13-2-4-15(21)5-3-13/h2-7,9,12,22H,8,10-11H2,1H3. The number of aromatic amines is 1. The van der Waals surface area contributed by atoms with Crippen molar-refractivity contribution in [2.45, 2.75) is 6.42 Å². The lowest BCUT2D eigenvalue weighted by Crippen LogP contribution is -2.35. The van der Waals surface area contributed by atoms with Crippen molar-refractivity contribution >= 4 is 34.0 Å². The number of hydrogen-bond acceptors (Lipinski definition) is 2. The normalized spacial score (nSPS) is 14.5. The van der Waals surface area contributed by atoms with Crippen molar-refractivity contribution < 1.29 is 4.79 Å². The summed E-state index contributed by atoms with van der Waals surface area (Å²) < 4.78 is 1.45. The maximum absolute atomic E-state index is 13.0. The number of fused-ring (bicyclic) bond motifs is 1. The van der Waals surface area contributed by atoms with Crippen molar-refractivity contribution in [1.29, 1.82) is 0 Å². The number of rotatable bonds is 2. The lowest BCUT2D eigenvalue weighted by Gasteiger charge is -2.27. The zero-order chi connectivity index (χ0) is 18.3. The molecule has 6 heteroatoms. The number of carbonyl (C=O) groups is 1. The van der Waals surface area contributed by atoms with Crippen molar-refractivity contribution in [3.63, 3.8) is 0 Å². The molecule has 1 N–H and O–H groups in total. The summed E-state index contributed by atoms with van der Waals surface area (Å²) in [6.45, 7) is 1.19. The van der Waals surface area contributed by atoms with Gasteiger partial charge in [-0.2, -0.15) is 0 Å². The Labute approximate surface area is 155 Å². The van der Waals surface area contributed by atoms with Crippen molar-refractivity contribution in [2.75, 3.05) is 13.1 Å². The van der Waals surface area contributed by atoms with Crippen LogP contribution < -0.4 is 5.56 Å². The molecule has 0 saturated carbocycles. The van der Waals surface area contributed by atoms with Crippen LogP contribution in [0.3, 0.4) is 0 Å². The van der Waals surface area contributed by atoms with Crippen LogP contribution in [0.1, 0.15) is 22.3 Å². The first-order chi connectivity index (χ1) is 12.5. The summed E-state index contributed by atoms with van der Waals surface area (Å²) >= 11 is 5.95. The zero-order valence-corrected chi connectivity index (χ0v) is 15.1. The fraction of sp³-hybridized carbons (Fsp3) is 0.200. The summed E-state index contributed by atoms with van der Waals surface area (Å²) in [5.41, 5.74) is 3.24. The second kappa shape index (κ2) is 6.50. The molecule has 1 amide bonds. The van der Waals surface area contributed by atoms with E-state index in [-0.39, 0.29) is 11.5 Å². The second-order valence-electron chi connectivity index (χ2n) is 6.46. The number of H-pyrrole nitrogens is 1. The SMILES string of the molecule is Cn1cc(C(=O)N2CC=C(c3ccc(Cl)cc3)CC2)c2cc[nH]c2c1=O. The highest BCUT2D eigenvalue weighted by Gasteiger charge is 2.22. The van der Waals surface area contributed by atoms with Crippen molar-refractivity contribution in [1.82, 2.24) is 14.5 Å². The Balaban J connectivity index is 1.61. The van der Waals surface area contributed by atoms with Crippen molar-refractivity contribution in [3.05, 3.63) is 75.3 Å². The Hall–Kier alpha value is -2.79. The first kappa shape index (κ1) is 16.7. The van der Waals surface area contributed by atoms with E-state index in [4.69, 9.17) is 11.6 Å². The number of aromatic nitrogens is 2. The third-order valence-corrected chi connectivity index (χ3v) is 5.09. The van der Waals surface area contributed by atoms with Crippen LogP contribution in [0.15, 0.2) is 53.6 Å². The Morgan fingerprint density at radius 2 is 1.96 bits per heavy atom. The molecule has 0 unspecified atom stereocenters. The Kier molecular flexibility index (Phi) is 4.17. The molecule has 0 fully saturated rings. The van der Waals surface area contributed by atoms with Gasteiger partial charge in [0.25, 0.3) is 11.5 Å². The summed E-state index contributed by atoms with van der Waals surface area (Å²) in [5, 5.41) is 1.39. The predicted octanol–water partition coefficient (Wildman–Crippen LogP) is 3.45. The number of carbonyl (C=O) groups excluding carboxylic acids is 1. The van der Waals surface area contributed by atoms with Gasteiger partial charge in [-0.15, -0.1) is 0 Å². The fourth-order valence-corrected chi connectivity index (χ4v) is 3.52. The highest BCUT2D eigenvalue weighted by atomic mass is 35.5. The quantitative estimate of drug-likeness (QED) is 0.754. The van der Waals surface area contributed by atoms with Gasteiger partial charge in [-0.05, 0) is 35.8 Å². The number of aryl methyl sites for hydroxylation is 1. The number of amides is 1. The largest absolute Gasteiger partial charge is 0.357 e. The molecule has 0 atom stereocenters. The number of pyridine rings is 1. The number of halogens is 1. The first-order valence-corrected chi connectivity index (χ1v) is 8.83. The molecular formula is C20H18ClN3O2. The van der Waals surface area contributed by atoms with Crippen LogP contribution in [-0.4, -0.2) is 33.4 Å². The van der Waals surface area contributed by atoms with Crippen LogP contribution in [0.5, 0.6) is 0 Å². The number of benzene rings is 1. The van der Waals surface area contributed by atoms with Gasteiger partial charge < -0.3 is 14.5 Å². The minimum atomic E-state index is -0.134. The lowest BCUT2D eigenvalue weighted by molar-refractivity contribution is 0.0774. The van der Waals surface area contributed by atoms with E-state index in [2.05, 4.69) is 11.1 Å². The minimum absolute atomic E-state index is 0.0587. The van der Waals surface area contributed by atoms with Gasteiger partial charge in [-0.1, -0.05) is 29.8 Å². The minimum Gasteiger partial charge on any atom is -0.357 e. The molecule has 1 aliphatic rings. The summed E-state index contributed by atoms with van der Waals surface area (Å²) in [7, 11) is 1.66. The molecule has 0 bridgehead atoms. The summed E-state index contributed by atoms with van der Waals surface area (Å²) in [4.78, 5) is 29.9. The molecule has 5 nitrogen and oxygen atoms in total. The van der Waals surface area contributed by atoms with Gasteiger partial charge in [0.1, 0.15) is 5.52 Å².